The van der Waals surface area contributed by atoms with Crippen LogP contribution in [0.15, 0.2) is 107 Å². The van der Waals surface area contributed by atoms with Gasteiger partial charge in [0.15, 0.2) is 5.78 Å². The number of dihydropyridines is 1. The molecule has 3 aromatic carbocycles. The third-order valence-corrected chi connectivity index (χ3v) is 6.87. The molecule has 1 aliphatic carbocycles. The predicted octanol–water partition coefficient (Wildman–Crippen LogP) is 5.38. The number of phenolic OH excluding ortho intramolecular Hbond substituents is 1. The van der Waals surface area contributed by atoms with Crippen molar-refractivity contribution in [2.24, 2.45) is 0 Å². The summed E-state index contributed by atoms with van der Waals surface area (Å²) in [6, 6.07) is 26.0. The molecule has 6 nitrogen and oxygen atoms in total. The van der Waals surface area contributed by atoms with Crippen LogP contribution in [-0.2, 0) is 14.3 Å². The fourth-order valence-corrected chi connectivity index (χ4v) is 5.16. The van der Waals surface area contributed by atoms with Gasteiger partial charge in [-0.25, -0.2) is 4.79 Å². The van der Waals surface area contributed by atoms with E-state index in [1.165, 1.54) is 0 Å². The van der Waals surface area contributed by atoms with Crippen LogP contribution < -0.4 is 10.1 Å². The van der Waals surface area contributed by atoms with Crippen LogP contribution >= 0.6 is 0 Å². The Labute approximate surface area is 216 Å². The molecule has 0 spiro atoms. The Bertz CT molecular complexity index is 1340. The molecule has 1 aliphatic heterocycles. The molecule has 0 saturated carbocycles. The number of rotatable bonds is 7. The zero-order chi connectivity index (χ0) is 25.8. The number of phenols is 1. The number of carbonyl (C=O) groups excluding carboxylic acids is 2. The molecule has 0 fully saturated rings. The van der Waals surface area contributed by atoms with Crippen molar-refractivity contribution in [1.29, 1.82) is 0 Å². The van der Waals surface area contributed by atoms with Gasteiger partial charge in [0.1, 0.15) is 24.7 Å². The summed E-state index contributed by atoms with van der Waals surface area (Å²) in [5.41, 5.74) is 4.37. The molecule has 0 amide bonds. The second-order valence-corrected chi connectivity index (χ2v) is 9.32. The number of nitrogens with one attached hydrogen (secondary N) is 1. The Morgan fingerprint density at radius 1 is 0.892 bits per heavy atom. The van der Waals surface area contributed by atoms with Crippen molar-refractivity contribution in [1.82, 2.24) is 5.32 Å². The highest BCUT2D eigenvalue weighted by Gasteiger charge is 2.41. The van der Waals surface area contributed by atoms with E-state index < -0.39 is 11.9 Å². The van der Waals surface area contributed by atoms with Gasteiger partial charge in [-0.2, -0.15) is 0 Å². The molecule has 5 rings (SSSR count). The minimum atomic E-state index is -0.580. The van der Waals surface area contributed by atoms with Crippen LogP contribution in [0, 0.1) is 0 Å². The Morgan fingerprint density at radius 3 is 2.27 bits per heavy atom. The summed E-state index contributed by atoms with van der Waals surface area (Å²) in [6.45, 7) is 2.12. The molecule has 2 N–H and O–H groups in total. The van der Waals surface area contributed by atoms with Crippen molar-refractivity contribution in [2.45, 2.75) is 31.6 Å². The normalized spacial score (nSPS) is 19.2. The van der Waals surface area contributed by atoms with Crippen molar-refractivity contribution >= 4 is 11.8 Å². The maximum atomic E-state index is 13.6. The number of ketones is 1. The zero-order valence-electron chi connectivity index (χ0n) is 20.6. The molecule has 3 aromatic rings. The molecule has 2 atom stereocenters. The Morgan fingerprint density at radius 2 is 1.57 bits per heavy atom. The summed E-state index contributed by atoms with van der Waals surface area (Å²) in [5, 5.41) is 13.2. The van der Waals surface area contributed by atoms with Crippen LogP contribution in [0.4, 0.5) is 0 Å². The standard InChI is InChI=1S/C31H29NO5/c1-20-28(31(35)37-17-16-36-25-10-6-3-7-11-25)29(22-12-14-24(33)15-13-22)30-26(32-20)18-23(19-27(30)34)21-8-4-2-5-9-21/h2-15,23,29,32-33H,16-19H2,1H3/t23-,29+/m1/s1. The van der Waals surface area contributed by atoms with Crippen molar-refractivity contribution in [3.8, 4) is 11.5 Å². The lowest BCUT2D eigenvalue weighted by molar-refractivity contribution is -0.140. The van der Waals surface area contributed by atoms with E-state index in [0.29, 0.717) is 35.4 Å². The van der Waals surface area contributed by atoms with Crippen molar-refractivity contribution in [2.75, 3.05) is 13.2 Å². The predicted molar refractivity (Wildman–Crippen MR) is 140 cm³/mol. The van der Waals surface area contributed by atoms with Gasteiger partial charge in [-0.15, -0.1) is 0 Å². The first kappa shape index (κ1) is 24.4. The van der Waals surface area contributed by atoms with E-state index in [9.17, 15) is 14.7 Å². The first-order chi connectivity index (χ1) is 18.0. The molecular formula is C31H29NO5. The molecule has 6 heteroatoms. The molecule has 188 valence electrons. The van der Waals surface area contributed by atoms with Gasteiger partial charge in [0.05, 0.1) is 5.57 Å². The van der Waals surface area contributed by atoms with E-state index >= 15 is 0 Å². The lowest BCUT2D eigenvalue weighted by atomic mass is 9.72. The summed E-state index contributed by atoms with van der Waals surface area (Å²) in [7, 11) is 0. The largest absolute Gasteiger partial charge is 0.508 e. The number of hydrogen-bond acceptors (Lipinski definition) is 6. The lowest BCUT2D eigenvalue weighted by Crippen LogP contribution is -2.36. The second kappa shape index (κ2) is 10.7. The monoisotopic (exact) mass is 495 g/mol. The van der Waals surface area contributed by atoms with Crippen molar-refractivity contribution in [3.63, 3.8) is 0 Å². The van der Waals surface area contributed by atoms with Gasteiger partial charge in [0, 0.05) is 29.3 Å². The van der Waals surface area contributed by atoms with E-state index in [4.69, 9.17) is 9.47 Å². The third kappa shape index (κ3) is 5.28. The van der Waals surface area contributed by atoms with Gasteiger partial charge in [0.2, 0.25) is 0 Å². The van der Waals surface area contributed by atoms with Crippen molar-refractivity contribution in [3.05, 3.63) is 119 Å². The fourth-order valence-electron chi connectivity index (χ4n) is 5.16. The molecule has 0 radical (unpaired) electrons. The number of ether oxygens (including phenoxy) is 2. The maximum absolute atomic E-state index is 13.6. The lowest BCUT2D eigenvalue weighted by Gasteiger charge is -2.36. The van der Waals surface area contributed by atoms with Gasteiger partial charge in [-0.1, -0.05) is 60.7 Å². The van der Waals surface area contributed by atoms with Crippen LogP contribution in [-0.4, -0.2) is 30.1 Å². The number of carbonyl (C=O) groups is 2. The van der Waals surface area contributed by atoms with E-state index in [2.05, 4.69) is 5.32 Å². The SMILES string of the molecule is CC1=C(C(=O)OCCOc2ccccc2)[C@H](c2ccc(O)cc2)C2=C(C[C@@H](c3ccccc3)CC2=O)N1. The zero-order valence-corrected chi connectivity index (χ0v) is 20.6. The van der Waals surface area contributed by atoms with E-state index in [1.54, 1.807) is 24.3 Å². The van der Waals surface area contributed by atoms with Gasteiger partial charge in [-0.3, -0.25) is 4.79 Å². The van der Waals surface area contributed by atoms with Gasteiger partial charge >= 0.3 is 5.97 Å². The number of allylic oxidation sites excluding steroid dienone is 3. The van der Waals surface area contributed by atoms with E-state index in [0.717, 1.165) is 16.8 Å². The van der Waals surface area contributed by atoms with Crippen molar-refractivity contribution < 1.29 is 24.2 Å². The van der Waals surface area contributed by atoms with Crippen LogP contribution in [0.5, 0.6) is 11.5 Å². The quantitative estimate of drug-likeness (QED) is 0.338. The third-order valence-electron chi connectivity index (χ3n) is 6.87. The minimum Gasteiger partial charge on any atom is -0.508 e. The molecular weight excluding hydrogens is 466 g/mol. The van der Waals surface area contributed by atoms with Crippen LogP contribution in [0.3, 0.4) is 0 Å². The number of Topliss-reactive ketones (excluding diaryl/α,β-unsaturated/α-hetero) is 1. The molecule has 1 heterocycles. The van der Waals surface area contributed by atoms with E-state index in [1.807, 2.05) is 67.6 Å². The molecule has 37 heavy (non-hydrogen) atoms. The maximum Gasteiger partial charge on any atom is 0.336 e. The average molecular weight is 496 g/mol. The van der Waals surface area contributed by atoms with Gasteiger partial charge in [0.25, 0.3) is 0 Å². The molecule has 0 aromatic heterocycles. The number of aromatic hydroxyl groups is 1. The summed E-state index contributed by atoms with van der Waals surface area (Å²) >= 11 is 0. The van der Waals surface area contributed by atoms with Crippen LogP contribution in [0.25, 0.3) is 0 Å². The summed E-state index contributed by atoms with van der Waals surface area (Å²) in [5.74, 6) is -0.185. The molecule has 0 saturated heterocycles. The molecule has 0 unspecified atom stereocenters. The minimum absolute atomic E-state index is 0.00545. The smallest absolute Gasteiger partial charge is 0.336 e. The highest BCUT2D eigenvalue weighted by atomic mass is 16.6. The van der Waals surface area contributed by atoms with Gasteiger partial charge < -0.3 is 19.9 Å². The summed E-state index contributed by atoms with van der Waals surface area (Å²) in [6.07, 6.45) is 1.04. The number of hydrogen-bond donors (Lipinski definition) is 2. The average Bonchev–Trinajstić information content (AvgIpc) is 2.91. The number of para-hydroxylation sites is 1. The summed E-state index contributed by atoms with van der Waals surface area (Å²) in [4.78, 5) is 27.0. The Hall–Kier alpha value is -4.32. The van der Waals surface area contributed by atoms with Gasteiger partial charge in [-0.05, 0) is 54.7 Å². The van der Waals surface area contributed by atoms with Crippen LogP contribution in [0.2, 0.25) is 0 Å². The highest BCUT2D eigenvalue weighted by Crippen LogP contribution is 2.45. The molecule has 0 bridgehead atoms. The fraction of sp³-hybridized carbons (Fsp3) is 0.226. The first-order valence-electron chi connectivity index (χ1n) is 12.4. The van der Waals surface area contributed by atoms with E-state index in [-0.39, 0.29) is 30.7 Å². The Balaban J connectivity index is 1.41. The second-order valence-electron chi connectivity index (χ2n) is 9.32. The first-order valence-corrected chi connectivity index (χ1v) is 12.4. The molecule has 2 aliphatic rings. The Kier molecular flexibility index (Phi) is 7.08. The summed E-state index contributed by atoms with van der Waals surface area (Å²) < 4.78 is 11.3. The van der Waals surface area contributed by atoms with Crippen LogP contribution in [0.1, 0.15) is 42.7 Å². The highest BCUT2D eigenvalue weighted by molar-refractivity contribution is 6.04. The topological polar surface area (TPSA) is 84.9 Å². The number of esters is 1. The number of benzene rings is 3.